The molecule has 3 nitrogen and oxygen atoms in total. The highest BCUT2D eigenvalue weighted by Crippen LogP contribution is 2.29. The monoisotopic (exact) mass is 344 g/mol. The van der Waals surface area contributed by atoms with Crippen LogP contribution in [0.25, 0.3) is 0 Å². The fourth-order valence-corrected chi connectivity index (χ4v) is 3.91. The average molecular weight is 345 g/mol. The van der Waals surface area contributed by atoms with Gasteiger partial charge in [-0.05, 0) is 56.1 Å². The van der Waals surface area contributed by atoms with Crippen molar-refractivity contribution in [1.29, 1.82) is 0 Å². The SMILES string of the molecule is S=C1NC[NH+](C2CCCCC2)CN1c1cc(Cl)ccc1Cl. The van der Waals surface area contributed by atoms with E-state index < -0.39 is 0 Å². The predicted octanol–water partition coefficient (Wildman–Crippen LogP) is 2.82. The quantitative estimate of drug-likeness (QED) is 0.805. The lowest BCUT2D eigenvalue weighted by Crippen LogP contribution is -3.20. The molecule has 114 valence electrons. The summed E-state index contributed by atoms with van der Waals surface area (Å²) in [5.74, 6) is 0. The summed E-state index contributed by atoms with van der Waals surface area (Å²) in [6.45, 7) is 1.76. The third-order valence-electron chi connectivity index (χ3n) is 4.45. The van der Waals surface area contributed by atoms with E-state index in [2.05, 4.69) is 10.2 Å². The molecule has 1 saturated carbocycles. The van der Waals surface area contributed by atoms with Gasteiger partial charge in [-0.15, -0.1) is 0 Å². The van der Waals surface area contributed by atoms with E-state index in [0.29, 0.717) is 10.0 Å². The Hall–Kier alpha value is -0.550. The Labute approximate surface area is 141 Å². The zero-order valence-electron chi connectivity index (χ0n) is 11.9. The zero-order chi connectivity index (χ0) is 14.8. The number of benzene rings is 1. The maximum atomic E-state index is 6.33. The molecule has 0 amide bonds. The van der Waals surface area contributed by atoms with Crippen molar-refractivity contribution in [1.82, 2.24) is 5.32 Å². The lowest BCUT2D eigenvalue weighted by atomic mass is 9.94. The Morgan fingerprint density at radius 2 is 1.95 bits per heavy atom. The smallest absolute Gasteiger partial charge is 0.182 e. The number of hydrogen-bond acceptors (Lipinski definition) is 1. The minimum absolute atomic E-state index is 0.682. The van der Waals surface area contributed by atoms with Crippen molar-refractivity contribution in [2.24, 2.45) is 0 Å². The van der Waals surface area contributed by atoms with Crippen LogP contribution in [0.15, 0.2) is 18.2 Å². The summed E-state index contributed by atoms with van der Waals surface area (Å²) in [7, 11) is 0. The molecule has 1 aliphatic heterocycles. The van der Waals surface area contributed by atoms with Gasteiger partial charge in [0.25, 0.3) is 0 Å². The molecule has 0 spiro atoms. The normalized spacial score (nSPS) is 24.0. The fraction of sp³-hybridized carbons (Fsp3) is 0.533. The molecule has 0 bridgehead atoms. The van der Waals surface area contributed by atoms with E-state index in [1.54, 1.807) is 11.0 Å². The van der Waals surface area contributed by atoms with Crippen LogP contribution in [-0.4, -0.2) is 24.5 Å². The van der Waals surface area contributed by atoms with Crippen LogP contribution in [-0.2, 0) is 0 Å². The van der Waals surface area contributed by atoms with Crippen LogP contribution < -0.4 is 15.1 Å². The highest BCUT2D eigenvalue weighted by molar-refractivity contribution is 7.80. The van der Waals surface area contributed by atoms with Crippen LogP contribution in [0.4, 0.5) is 5.69 Å². The fourth-order valence-electron chi connectivity index (χ4n) is 3.29. The highest BCUT2D eigenvalue weighted by atomic mass is 35.5. The Balaban J connectivity index is 1.79. The first-order valence-electron chi connectivity index (χ1n) is 7.50. The summed E-state index contributed by atoms with van der Waals surface area (Å²) in [6, 6.07) is 6.24. The van der Waals surface area contributed by atoms with Crippen molar-refractivity contribution in [3.05, 3.63) is 28.2 Å². The van der Waals surface area contributed by atoms with Crippen LogP contribution in [0.5, 0.6) is 0 Å². The lowest BCUT2D eigenvalue weighted by Gasteiger charge is -2.40. The summed E-state index contributed by atoms with van der Waals surface area (Å²) < 4.78 is 0. The molecule has 1 heterocycles. The molecule has 21 heavy (non-hydrogen) atoms. The molecule has 3 rings (SSSR count). The highest BCUT2D eigenvalue weighted by Gasteiger charge is 2.32. The molecule has 0 aromatic heterocycles. The lowest BCUT2D eigenvalue weighted by molar-refractivity contribution is -0.929. The summed E-state index contributed by atoms with van der Waals surface area (Å²) in [4.78, 5) is 3.62. The maximum absolute atomic E-state index is 6.33. The maximum Gasteiger partial charge on any atom is 0.182 e. The van der Waals surface area contributed by atoms with E-state index in [-0.39, 0.29) is 0 Å². The molecular weight excluding hydrogens is 325 g/mol. The molecule has 2 aliphatic rings. The van der Waals surface area contributed by atoms with Gasteiger partial charge in [-0.25, -0.2) is 0 Å². The van der Waals surface area contributed by atoms with E-state index >= 15 is 0 Å². The van der Waals surface area contributed by atoms with Crippen molar-refractivity contribution in [3.8, 4) is 0 Å². The second kappa shape index (κ2) is 6.69. The number of halogens is 2. The number of rotatable bonds is 2. The molecule has 1 saturated heterocycles. The van der Waals surface area contributed by atoms with Gasteiger partial charge in [-0.3, -0.25) is 9.80 Å². The number of nitrogens with one attached hydrogen (secondary N) is 2. The van der Waals surface area contributed by atoms with Crippen LogP contribution >= 0.6 is 35.4 Å². The Bertz CT molecular complexity index is 532. The summed E-state index contributed by atoms with van der Waals surface area (Å²) in [5.41, 5.74) is 0.898. The molecule has 0 radical (unpaired) electrons. The molecular formula is C15H20Cl2N3S+. The van der Waals surface area contributed by atoms with Crippen LogP contribution in [0.2, 0.25) is 10.0 Å². The number of nitrogens with zero attached hydrogens (tertiary/aromatic N) is 1. The molecule has 1 aromatic rings. The second-order valence-electron chi connectivity index (χ2n) is 5.83. The van der Waals surface area contributed by atoms with Crippen molar-refractivity contribution in [3.63, 3.8) is 0 Å². The molecule has 6 heteroatoms. The zero-order valence-corrected chi connectivity index (χ0v) is 14.2. The molecule has 1 unspecified atom stereocenters. The second-order valence-corrected chi connectivity index (χ2v) is 7.06. The van der Waals surface area contributed by atoms with E-state index in [9.17, 15) is 0 Å². The summed E-state index contributed by atoms with van der Waals surface area (Å²) in [5, 5.41) is 5.45. The average Bonchev–Trinajstić information content (AvgIpc) is 2.51. The van der Waals surface area contributed by atoms with E-state index in [1.807, 2.05) is 12.1 Å². The molecule has 2 fully saturated rings. The van der Waals surface area contributed by atoms with Gasteiger partial charge in [0, 0.05) is 5.02 Å². The third kappa shape index (κ3) is 3.45. The van der Waals surface area contributed by atoms with Crippen LogP contribution in [0.1, 0.15) is 32.1 Å². The van der Waals surface area contributed by atoms with Crippen molar-refractivity contribution < 1.29 is 4.90 Å². The third-order valence-corrected chi connectivity index (χ3v) is 5.37. The molecule has 1 aromatic carbocycles. The van der Waals surface area contributed by atoms with Crippen molar-refractivity contribution in [2.75, 3.05) is 18.2 Å². The van der Waals surface area contributed by atoms with Gasteiger partial charge in [0.2, 0.25) is 0 Å². The minimum Gasteiger partial charge on any atom is -0.315 e. The van der Waals surface area contributed by atoms with E-state index in [4.69, 9.17) is 35.4 Å². The van der Waals surface area contributed by atoms with Crippen molar-refractivity contribution in [2.45, 2.75) is 38.1 Å². The number of hydrogen-bond donors (Lipinski definition) is 2. The topological polar surface area (TPSA) is 19.7 Å². The van der Waals surface area contributed by atoms with Gasteiger partial charge >= 0.3 is 0 Å². The first-order valence-corrected chi connectivity index (χ1v) is 8.66. The van der Waals surface area contributed by atoms with Gasteiger partial charge in [0.1, 0.15) is 0 Å². The predicted molar refractivity (Wildman–Crippen MR) is 92.2 cm³/mol. The summed E-state index contributed by atoms with van der Waals surface area (Å²) in [6.07, 6.45) is 6.67. The Morgan fingerprint density at radius 1 is 1.19 bits per heavy atom. The van der Waals surface area contributed by atoms with Gasteiger partial charge < -0.3 is 5.32 Å². The van der Waals surface area contributed by atoms with Crippen molar-refractivity contribution >= 4 is 46.2 Å². The summed E-state index contributed by atoms with van der Waals surface area (Å²) >= 11 is 17.9. The van der Waals surface area contributed by atoms with Gasteiger partial charge in [-0.2, -0.15) is 0 Å². The van der Waals surface area contributed by atoms with Gasteiger partial charge in [0.05, 0.1) is 16.8 Å². The molecule has 1 aliphatic carbocycles. The molecule has 2 N–H and O–H groups in total. The largest absolute Gasteiger partial charge is 0.315 e. The number of thiocarbonyl (C=S) groups is 1. The van der Waals surface area contributed by atoms with E-state index in [1.165, 1.54) is 32.1 Å². The first-order chi connectivity index (χ1) is 10.1. The van der Waals surface area contributed by atoms with Crippen LogP contribution in [0.3, 0.4) is 0 Å². The minimum atomic E-state index is 0.682. The number of quaternary nitrogens is 1. The van der Waals surface area contributed by atoms with Gasteiger partial charge in [-0.1, -0.05) is 29.6 Å². The van der Waals surface area contributed by atoms with Gasteiger partial charge in [0.15, 0.2) is 18.4 Å². The Kier molecular flexibility index (Phi) is 4.89. The Morgan fingerprint density at radius 3 is 2.71 bits per heavy atom. The van der Waals surface area contributed by atoms with E-state index in [0.717, 1.165) is 30.2 Å². The molecule has 1 atom stereocenters. The number of anilines is 1. The standard InChI is InChI=1S/C15H19Cl2N3S/c16-11-6-7-13(17)14(8-11)20-10-19(9-18-15(20)21)12-4-2-1-3-5-12/h6-8,12H,1-5,9-10H2,(H,18,21)/p+1. The van der Waals surface area contributed by atoms with Crippen LogP contribution in [0, 0.1) is 0 Å². The first kappa shape index (κ1) is 15.3.